The normalized spacial score (nSPS) is 18.1. The summed E-state index contributed by atoms with van der Waals surface area (Å²) in [6.45, 7) is 9.95. The van der Waals surface area contributed by atoms with Crippen LogP contribution in [0, 0.1) is 11.8 Å². The van der Waals surface area contributed by atoms with Crippen LogP contribution in [-0.2, 0) is 29.7 Å². The Balaban J connectivity index is 0.000000209. The van der Waals surface area contributed by atoms with Crippen molar-refractivity contribution >= 4 is 59.9 Å². The zero-order chi connectivity index (χ0) is 26.5. The van der Waals surface area contributed by atoms with Gasteiger partial charge in [-0.15, -0.1) is 0 Å². The quantitative estimate of drug-likeness (QED) is 0.353. The van der Waals surface area contributed by atoms with E-state index < -0.39 is 10.4 Å². The molecule has 0 heterocycles. The fraction of sp³-hybridized carbons (Fsp3) is 0.385. The lowest BCUT2D eigenvalue weighted by Crippen LogP contribution is -2.03. The number of hydrogen-bond donors (Lipinski definition) is 2. The summed E-state index contributed by atoms with van der Waals surface area (Å²) in [5, 5.41) is 0. The molecule has 4 rings (SSSR count). The Morgan fingerprint density at radius 1 is 1.00 bits per heavy atom. The summed E-state index contributed by atoms with van der Waals surface area (Å²) in [5.41, 5.74) is 6.60. The lowest BCUT2D eigenvalue weighted by molar-refractivity contribution is 0.0938. The maximum atomic E-state index is 11.9. The Morgan fingerprint density at radius 3 is 2.14 bits per heavy atom. The molecule has 0 saturated heterocycles. The van der Waals surface area contributed by atoms with Gasteiger partial charge in [-0.25, -0.2) is 0 Å². The molecule has 2 aliphatic carbocycles. The van der Waals surface area contributed by atoms with Gasteiger partial charge in [0.25, 0.3) is 0 Å². The van der Waals surface area contributed by atoms with Gasteiger partial charge in [0.2, 0.25) is 0 Å². The first kappa shape index (κ1) is 29.6. The monoisotopic (exact) mass is 628 g/mol. The predicted octanol–water partition coefficient (Wildman–Crippen LogP) is 6.98. The van der Waals surface area contributed by atoms with E-state index in [1.54, 1.807) is 0 Å². The second kappa shape index (κ2) is 12.5. The highest BCUT2D eigenvalue weighted by Gasteiger charge is 2.30. The van der Waals surface area contributed by atoms with Crippen molar-refractivity contribution in [2.24, 2.45) is 11.8 Å². The minimum absolute atomic E-state index is 0.113. The van der Waals surface area contributed by atoms with Crippen molar-refractivity contribution in [2.75, 3.05) is 0 Å². The molecule has 2 aromatic rings. The summed E-state index contributed by atoms with van der Waals surface area (Å²) in [6.07, 6.45) is 7.11. The van der Waals surface area contributed by atoms with Crippen LogP contribution < -0.4 is 0 Å². The third-order valence-corrected chi connectivity index (χ3v) is 7.28. The highest BCUT2D eigenvalue weighted by molar-refractivity contribution is 9.10. The lowest BCUT2D eigenvalue weighted by Gasteiger charge is -2.06. The third kappa shape index (κ3) is 7.92. The number of carbonyl (C=O) groups excluding carboxylic acids is 2. The number of rotatable bonds is 4. The molecule has 190 valence electrons. The Hall–Kier alpha value is -1.65. The number of hydrogen-bond acceptors (Lipinski definition) is 4. The molecule has 2 unspecified atom stereocenters. The largest absolute Gasteiger partial charge is 0.394 e. The van der Waals surface area contributed by atoms with Crippen LogP contribution in [0.3, 0.4) is 0 Å². The number of Topliss-reactive ketones (excluding diaryl/α,β-unsaturated/α-hetero) is 2. The highest BCUT2D eigenvalue weighted by Crippen LogP contribution is 2.35. The number of halogens is 2. The molecule has 2 aliphatic rings. The number of carbonyl (C=O) groups is 2. The van der Waals surface area contributed by atoms with E-state index in [2.05, 4.69) is 57.5 Å². The first-order valence-electron chi connectivity index (χ1n) is 11.3. The molecule has 2 aromatic carbocycles. The number of unbranched alkanes of at least 4 members (excludes halogenated alkanes) is 1. The molecule has 9 heteroatoms. The molecular weight excluding hydrogens is 600 g/mol. The van der Waals surface area contributed by atoms with Crippen molar-refractivity contribution in [3.05, 3.63) is 73.2 Å². The highest BCUT2D eigenvalue weighted by atomic mass is 79.9. The van der Waals surface area contributed by atoms with Crippen molar-refractivity contribution in [1.29, 1.82) is 0 Å². The van der Waals surface area contributed by atoms with Gasteiger partial charge in [-0.3, -0.25) is 18.7 Å². The van der Waals surface area contributed by atoms with E-state index in [1.807, 2.05) is 32.1 Å². The van der Waals surface area contributed by atoms with E-state index in [1.165, 1.54) is 24.0 Å². The van der Waals surface area contributed by atoms with Gasteiger partial charge in [0.1, 0.15) is 0 Å². The van der Waals surface area contributed by atoms with Crippen LogP contribution in [0.1, 0.15) is 76.6 Å². The molecule has 0 amide bonds. The first-order valence-corrected chi connectivity index (χ1v) is 14.3. The van der Waals surface area contributed by atoms with Gasteiger partial charge in [0.05, 0.1) is 0 Å². The van der Waals surface area contributed by atoms with E-state index >= 15 is 0 Å². The van der Waals surface area contributed by atoms with Crippen molar-refractivity contribution in [2.45, 2.75) is 52.9 Å². The summed E-state index contributed by atoms with van der Waals surface area (Å²) in [4.78, 5) is 23.7. The SMILES string of the molecule is C=Cc1ccc(Br)c2c1CC(C)C2=O.CCCCc1cc(Br)c2c(c1)CC(C)C2=O.O=S(=O)(O)O. The average Bonchev–Trinajstić information content (AvgIpc) is 3.22. The van der Waals surface area contributed by atoms with Crippen molar-refractivity contribution in [3.8, 4) is 0 Å². The van der Waals surface area contributed by atoms with Crippen LogP contribution in [0.2, 0.25) is 0 Å². The molecule has 0 radical (unpaired) electrons. The van der Waals surface area contributed by atoms with Crippen molar-refractivity contribution in [1.82, 2.24) is 0 Å². The van der Waals surface area contributed by atoms with E-state index in [9.17, 15) is 9.59 Å². The van der Waals surface area contributed by atoms with E-state index in [-0.39, 0.29) is 17.6 Å². The van der Waals surface area contributed by atoms with Gasteiger partial charge >= 0.3 is 10.4 Å². The standard InChI is InChI=1S/C14H17BrO.C12H11BrO.H2O4S/c1-3-4-5-10-7-11-6-9(2)14(16)13(11)12(15)8-10;1-3-8-4-5-10(13)11-9(8)6-7(2)12(11)14;1-5(2,3)4/h7-9H,3-6H2,1-2H3;3-5,7H,1,6H2,2H3;(H2,1,2,3,4). The van der Waals surface area contributed by atoms with Crippen molar-refractivity contribution in [3.63, 3.8) is 0 Å². The number of fused-ring (bicyclic) bond motifs is 2. The Kier molecular flexibility index (Phi) is 10.6. The van der Waals surface area contributed by atoms with Gasteiger partial charge in [-0.2, -0.15) is 8.42 Å². The van der Waals surface area contributed by atoms with Gasteiger partial charge in [0.15, 0.2) is 11.6 Å². The zero-order valence-electron chi connectivity index (χ0n) is 20.0. The van der Waals surface area contributed by atoms with Crippen LogP contribution >= 0.6 is 31.9 Å². The van der Waals surface area contributed by atoms with Gasteiger partial charge in [0, 0.05) is 31.9 Å². The number of benzene rings is 2. The summed E-state index contributed by atoms with van der Waals surface area (Å²) < 4.78 is 33.5. The van der Waals surface area contributed by atoms with Crippen LogP contribution in [-0.4, -0.2) is 29.1 Å². The summed E-state index contributed by atoms with van der Waals surface area (Å²) >= 11 is 6.96. The molecule has 0 spiro atoms. The van der Waals surface area contributed by atoms with Gasteiger partial charge < -0.3 is 0 Å². The topological polar surface area (TPSA) is 109 Å². The van der Waals surface area contributed by atoms with Crippen LogP contribution in [0.25, 0.3) is 6.08 Å². The molecule has 6 nitrogen and oxygen atoms in total. The summed E-state index contributed by atoms with van der Waals surface area (Å²) in [6, 6.07) is 8.26. The Bertz CT molecular complexity index is 1230. The average molecular weight is 630 g/mol. The smallest absolute Gasteiger partial charge is 0.294 e. The van der Waals surface area contributed by atoms with E-state index in [0.29, 0.717) is 5.78 Å². The fourth-order valence-corrected chi connectivity index (χ4v) is 5.63. The van der Waals surface area contributed by atoms with Crippen LogP contribution in [0.15, 0.2) is 39.8 Å². The lowest BCUT2D eigenvalue weighted by atomic mass is 10.0. The summed E-state index contributed by atoms with van der Waals surface area (Å²) in [5.74, 6) is 0.814. The minimum Gasteiger partial charge on any atom is -0.294 e. The van der Waals surface area contributed by atoms with Gasteiger partial charge in [-0.05, 0) is 60.1 Å². The Labute approximate surface area is 224 Å². The molecule has 0 saturated carbocycles. The fourth-order valence-electron chi connectivity index (χ4n) is 4.32. The first-order chi connectivity index (χ1) is 16.3. The third-order valence-electron chi connectivity index (χ3n) is 5.99. The second-order valence-corrected chi connectivity index (χ2v) is 11.4. The molecular formula is C26H30Br2O6S. The number of aryl methyl sites for hydroxylation is 1. The van der Waals surface area contributed by atoms with Crippen LogP contribution in [0.5, 0.6) is 0 Å². The molecule has 2 N–H and O–H groups in total. The predicted molar refractivity (Wildman–Crippen MR) is 146 cm³/mol. The van der Waals surface area contributed by atoms with E-state index in [4.69, 9.17) is 17.5 Å². The van der Waals surface area contributed by atoms with Crippen molar-refractivity contribution < 1.29 is 27.1 Å². The molecule has 0 aliphatic heterocycles. The minimum atomic E-state index is -4.67. The van der Waals surface area contributed by atoms with Gasteiger partial charge in [-0.1, -0.05) is 83.8 Å². The van der Waals surface area contributed by atoms with E-state index in [0.717, 1.165) is 50.5 Å². The second-order valence-electron chi connectivity index (χ2n) is 8.80. The summed E-state index contributed by atoms with van der Waals surface area (Å²) in [7, 11) is -4.67. The number of ketones is 2. The maximum absolute atomic E-state index is 11.9. The zero-order valence-corrected chi connectivity index (χ0v) is 24.0. The Morgan fingerprint density at radius 2 is 1.57 bits per heavy atom. The molecule has 35 heavy (non-hydrogen) atoms. The van der Waals surface area contributed by atoms with Crippen LogP contribution in [0.4, 0.5) is 0 Å². The molecule has 0 fully saturated rings. The molecule has 0 aromatic heterocycles. The molecule has 0 bridgehead atoms. The maximum Gasteiger partial charge on any atom is 0.394 e. The molecule has 2 atom stereocenters.